The van der Waals surface area contributed by atoms with E-state index in [1.807, 2.05) is 0 Å². The molecule has 0 amide bonds. The van der Waals surface area contributed by atoms with Crippen molar-refractivity contribution in [2.45, 2.75) is 0 Å². The lowest BCUT2D eigenvalue weighted by molar-refractivity contribution is 1.52. The zero-order valence-corrected chi connectivity index (χ0v) is 29.9. The molecule has 254 valence electrons. The molecular weight excluding hydrogens is 649 g/mol. The predicted octanol–water partition coefficient (Wildman–Crippen LogP) is 15.0. The van der Waals surface area contributed by atoms with Crippen LogP contribution in [0, 0.1) is 0 Å². The predicted molar refractivity (Wildman–Crippen MR) is 230 cm³/mol. The van der Waals surface area contributed by atoms with Crippen molar-refractivity contribution >= 4 is 0 Å². The van der Waals surface area contributed by atoms with Crippen molar-refractivity contribution in [3.63, 3.8) is 0 Å². The van der Waals surface area contributed by atoms with E-state index in [4.69, 9.17) is 0 Å². The van der Waals surface area contributed by atoms with Gasteiger partial charge in [-0.05, 0) is 89.0 Å². The largest absolute Gasteiger partial charge is 0.0622 e. The highest BCUT2D eigenvalue weighted by Crippen LogP contribution is 2.48. The number of hydrogen-bond acceptors (Lipinski definition) is 0. The van der Waals surface area contributed by atoms with Gasteiger partial charge in [0.2, 0.25) is 0 Å². The molecule has 0 aliphatic carbocycles. The Kier molecular flexibility index (Phi) is 9.07. The molecular formula is C54H38. The molecule has 54 heavy (non-hydrogen) atoms. The van der Waals surface area contributed by atoms with Gasteiger partial charge >= 0.3 is 0 Å². The van der Waals surface area contributed by atoms with Gasteiger partial charge in [-0.25, -0.2) is 0 Å². The average Bonchev–Trinajstić information content (AvgIpc) is 3.27. The van der Waals surface area contributed by atoms with Crippen LogP contribution in [0.4, 0.5) is 0 Å². The van der Waals surface area contributed by atoms with E-state index in [1.54, 1.807) is 0 Å². The van der Waals surface area contributed by atoms with Crippen LogP contribution in [0.3, 0.4) is 0 Å². The van der Waals surface area contributed by atoms with E-state index < -0.39 is 0 Å². The monoisotopic (exact) mass is 686 g/mol. The summed E-state index contributed by atoms with van der Waals surface area (Å²) in [6.07, 6.45) is 0. The van der Waals surface area contributed by atoms with Gasteiger partial charge in [0, 0.05) is 0 Å². The molecule has 0 spiro atoms. The Morgan fingerprint density at radius 3 is 0.500 bits per heavy atom. The van der Waals surface area contributed by atoms with Gasteiger partial charge in [-0.2, -0.15) is 0 Å². The lowest BCUT2D eigenvalue weighted by Crippen LogP contribution is -1.96. The van der Waals surface area contributed by atoms with Crippen LogP contribution in [-0.2, 0) is 0 Å². The molecule has 9 rings (SSSR count). The Bertz CT molecular complexity index is 2440. The summed E-state index contributed by atoms with van der Waals surface area (Å²) in [6.45, 7) is 0. The average molecular weight is 687 g/mol. The summed E-state index contributed by atoms with van der Waals surface area (Å²) >= 11 is 0. The highest BCUT2D eigenvalue weighted by molar-refractivity contribution is 6.04. The third kappa shape index (κ3) is 6.36. The van der Waals surface area contributed by atoms with E-state index in [0.717, 1.165) is 0 Å². The maximum Gasteiger partial charge on any atom is -0.00206 e. The topological polar surface area (TPSA) is 0 Å². The third-order valence-electron chi connectivity index (χ3n) is 10.3. The van der Waals surface area contributed by atoms with Gasteiger partial charge in [-0.3, -0.25) is 0 Å². The summed E-state index contributed by atoms with van der Waals surface area (Å²) in [4.78, 5) is 0. The lowest BCUT2D eigenvalue weighted by atomic mass is 9.81. The first kappa shape index (κ1) is 32.9. The van der Waals surface area contributed by atoms with Crippen molar-refractivity contribution in [3.8, 4) is 89.0 Å². The van der Waals surface area contributed by atoms with Crippen LogP contribution in [-0.4, -0.2) is 0 Å². The van der Waals surface area contributed by atoms with Crippen molar-refractivity contribution in [1.29, 1.82) is 0 Å². The fourth-order valence-electron chi connectivity index (χ4n) is 7.85. The maximum absolute atomic E-state index is 2.33. The zero-order chi connectivity index (χ0) is 36.1. The van der Waals surface area contributed by atoms with Gasteiger partial charge in [0.15, 0.2) is 0 Å². The van der Waals surface area contributed by atoms with Crippen molar-refractivity contribution in [2.75, 3.05) is 0 Å². The molecule has 0 aromatic heterocycles. The number of benzene rings is 9. The summed E-state index contributed by atoms with van der Waals surface area (Å²) < 4.78 is 0. The van der Waals surface area contributed by atoms with E-state index in [1.165, 1.54) is 89.0 Å². The first-order valence-corrected chi connectivity index (χ1v) is 18.6. The molecule has 9 aromatic carbocycles. The van der Waals surface area contributed by atoms with Crippen LogP contribution in [0.5, 0.6) is 0 Å². The molecule has 0 heteroatoms. The molecule has 0 saturated heterocycles. The Hall–Kier alpha value is -7.02. The van der Waals surface area contributed by atoms with E-state index in [9.17, 15) is 0 Å². The summed E-state index contributed by atoms with van der Waals surface area (Å²) in [7, 11) is 0. The Labute approximate surface area is 318 Å². The quantitative estimate of drug-likeness (QED) is 0.149. The second-order valence-electron chi connectivity index (χ2n) is 13.6. The minimum atomic E-state index is 1.18. The molecule has 0 aliphatic heterocycles. The van der Waals surface area contributed by atoms with Gasteiger partial charge < -0.3 is 0 Å². The SMILES string of the molecule is c1ccc(-c2ccc(-c3ccccc3)c(-c3ccc(-c4c(-c5ccccc5)ccc(-c5ccccc5)c4-c4ccccc4)cc3)c2-c2ccccc2)cc1. The highest BCUT2D eigenvalue weighted by atomic mass is 14.2. The molecule has 0 bridgehead atoms. The molecule has 0 radical (unpaired) electrons. The second kappa shape index (κ2) is 14.9. The minimum absolute atomic E-state index is 1.18. The Morgan fingerprint density at radius 2 is 0.296 bits per heavy atom. The third-order valence-corrected chi connectivity index (χ3v) is 10.3. The molecule has 0 aliphatic rings. The van der Waals surface area contributed by atoms with E-state index in [2.05, 4.69) is 231 Å². The summed E-state index contributed by atoms with van der Waals surface area (Å²) in [5, 5.41) is 0. The first-order valence-electron chi connectivity index (χ1n) is 18.6. The van der Waals surface area contributed by atoms with Crippen LogP contribution >= 0.6 is 0 Å². The summed E-state index contributed by atoms with van der Waals surface area (Å²) in [5.41, 5.74) is 19.3. The van der Waals surface area contributed by atoms with Gasteiger partial charge in [-0.1, -0.05) is 231 Å². The van der Waals surface area contributed by atoms with E-state index >= 15 is 0 Å². The Balaban J connectivity index is 1.32. The molecule has 0 nitrogen and oxygen atoms in total. The van der Waals surface area contributed by atoms with Crippen LogP contribution < -0.4 is 0 Å². The number of rotatable bonds is 8. The van der Waals surface area contributed by atoms with Crippen molar-refractivity contribution in [3.05, 3.63) is 231 Å². The van der Waals surface area contributed by atoms with Gasteiger partial charge in [0.1, 0.15) is 0 Å². The standard InChI is InChI=1S/C54H38/c1-7-19-39(20-8-1)47-35-37-49(41-23-11-3-12-24-41)53(51(47)43-27-15-5-16-28-43)45-31-33-46(34-32-45)54-50(42-25-13-4-14-26-42)38-36-48(40-21-9-2-10-22-40)52(54)44-29-17-6-18-30-44/h1-38H. The molecule has 0 N–H and O–H groups in total. The summed E-state index contributed by atoms with van der Waals surface area (Å²) in [5.74, 6) is 0. The fraction of sp³-hybridized carbons (Fsp3) is 0. The van der Waals surface area contributed by atoms with Crippen LogP contribution in [0.1, 0.15) is 0 Å². The second-order valence-corrected chi connectivity index (χ2v) is 13.6. The molecule has 0 atom stereocenters. The zero-order valence-electron chi connectivity index (χ0n) is 29.9. The van der Waals surface area contributed by atoms with E-state index in [0.29, 0.717) is 0 Å². The molecule has 9 aromatic rings. The normalized spacial score (nSPS) is 11.0. The van der Waals surface area contributed by atoms with Gasteiger partial charge in [0.25, 0.3) is 0 Å². The van der Waals surface area contributed by atoms with Gasteiger partial charge in [-0.15, -0.1) is 0 Å². The minimum Gasteiger partial charge on any atom is -0.0622 e. The van der Waals surface area contributed by atoms with Crippen molar-refractivity contribution in [2.24, 2.45) is 0 Å². The fourth-order valence-corrected chi connectivity index (χ4v) is 7.85. The van der Waals surface area contributed by atoms with Crippen molar-refractivity contribution in [1.82, 2.24) is 0 Å². The first-order chi connectivity index (χ1) is 26.8. The summed E-state index contributed by atoms with van der Waals surface area (Å²) in [6, 6.07) is 83.4. The number of hydrogen-bond donors (Lipinski definition) is 0. The van der Waals surface area contributed by atoms with Gasteiger partial charge in [0.05, 0.1) is 0 Å². The Morgan fingerprint density at radius 1 is 0.130 bits per heavy atom. The van der Waals surface area contributed by atoms with Crippen LogP contribution in [0.2, 0.25) is 0 Å². The maximum atomic E-state index is 2.33. The van der Waals surface area contributed by atoms with Crippen LogP contribution in [0.25, 0.3) is 89.0 Å². The lowest BCUT2D eigenvalue weighted by Gasteiger charge is -2.22. The van der Waals surface area contributed by atoms with Crippen LogP contribution in [0.15, 0.2) is 231 Å². The smallest absolute Gasteiger partial charge is 0.00206 e. The van der Waals surface area contributed by atoms with E-state index in [-0.39, 0.29) is 0 Å². The van der Waals surface area contributed by atoms with Crippen molar-refractivity contribution < 1.29 is 0 Å². The molecule has 0 fully saturated rings. The molecule has 0 saturated carbocycles. The highest BCUT2D eigenvalue weighted by Gasteiger charge is 2.22. The molecule has 0 unspecified atom stereocenters. The molecule has 0 heterocycles.